The number of carbonyl (C=O) groups is 2. The normalized spacial score (nSPS) is 17.5. The van der Waals surface area contributed by atoms with Crippen LogP contribution in [-0.2, 0) is 9.63 Å². The summed E-state index contributed by atoms with van der Waals surface area (Å²) in [4.78, 5) is 37.2. The minimum Gasteiger partial charge on any atom is -0.618 e. The van der Waals surface area contributed by atoms with Crippen molar-refractivity contribution in [2.75, 3.05) is 39.3 Å². The molecular formula is C34H51BrN8O5. The smallest absolute Gasteiger partial charge is 0.320 e. The van der Waals surface area contributed by atoms with Gasteiger partial charge in [0.25, 0.3) is 5.91 Å². The minimum atomic E-state index is -1.00. The van der Waals surface area contributed by atoms with Crippen LogP contribution in [0, 0.1) is 25.0 Å². The molecule has 13 nitrogen and oxygen atoms in total. The summed E-state index contributed by atoms with van der Waals surface area (Å²) < 4.78 is 1.84. The van der Waals surface area contributed by atoms with Gasteiger partial charge in [0.2, 0.25) is 5.69 Å². The van der Waals surface area contributed by atoms with Crippen molar-refractivity contribution >= 4 is 39.5 Å². The van der Waals surface area contributed by atoms with E-state index in [2.05, 4.69) is 62.2 Å². The lowest BCUT2D eigenvalue weighted by Gasteiger charge is -2.49. The number of pyridine rings is 1. The Morgan fingerprint density at radius 2 is 1.75 bits per heavy atom. The molecule has 1 aromatic carbocycles. The van der Waals surface area contributed by atoms with Gasteiger partial charge >= 0.3 is 5.97 Å². The van der Waals surface area contributed by atoms with E-state index in [1.54, 1.807) is 13.0 Å². The second-order valence-electron chi connectivity index (χ2n) is 12.6. The van der Waals surface area contributed by atoms with Crippen LogP contribution in [-0.4, -0.2) is 89.4 Å². The topological polar surface area (TPSA) is 200 Å². The van der Waals surface area contributed by atoms with Gasteiger partial charge in [-0.05, 0) is 95.6 Å². The Hall–Kier alpha value is -3.75. The predicted molar refractivity (Wildman–Crippen MR) is 191 cm³/mol. The van der Waals surface area contributed by atoms with Crippen LogP contribution in [0.15, 0.2) is 51.1 Å². The number of aliphatic carboxylic acids is 1. The number of aryl methyl sites for hydroxylation is 1. The highest BCUT2D eigenvalue weighted by Gasteiger charge is 2.40. The first kappa shape index (κ1) is 38.7. The fraction of sp³-hybridized carbons (Fsp3) is 0.559. The van der Waals surface area contributed by atoms with Gasteiger partial charge in [0.1, 0.15) is 18.2 Å². The van der Waals surface area contributed by atoms with Crippen molar-refractivity contribution in [1.82, 2.24) is 9.80 Å². The Kier molecular flexibility index (Phi) is 14.6. The van der Waals surface area contributed by atoms with Crippen LogP contribution in [0.3, 0.4) is 0 Å². The molecule has 1 amide bonds. The van der Waals surface area contributed by atoms with E-state index in [4.69, 9.17) is 27.1 Å². The van der Waals surface area contributed by atoms with Crippen LogP contribution in [0.1, 0.15) is 79.6 Å². The molecule has 1 atom stereocenters. The third-order valence-electron chi connectivity index (χ3n) is 9.25. The van der Waals surface area contributed by atoms with E-state index in [-0.39, 0.29) is 17.4 Å². The van der Waals surface area contributed by atoms with E-state index in [0.717, 1.165) is 64.8 Å². The largest absolute Gasteiger partial charge is 0.618 e. The fourth-order valence-electron chi connectivity index (χ4n) is 6.21. The van der Waals surface area contributed by atoms with Crippen molar-refractivity contribution < 1.29 is 24.3 Å². The molecule has 0 unspecified atom stereocenters. The first-order valence-corrected chi connectivity index (χ1v) is 17.3. The number of aliphatic imine (C=N–C) groups is 1. The number of rotatable bonds is 11. The number of nitrogens with zero attached hydrogens (tertiary/aromatic N) is 5. The van der Waals surface area contributed by atoms with Crippen molar-refractivity contribution in [3.63, 3.8) is 0 Å². The van der Waals surface area contributed by atoms with Crippen molar-refractivity contribution in [2.45, 2.75) is 77.8 Å². The number of carboxylic acid groups (broad SMARTS) is 1. The zero-order valence-corrected chi connectivity index (χ0v) is 30.1. The number of amides is 1. The van der Waals surface area contributed by atoms with Gasteiger partial charge in [0, 0.05) is 48.6 Å². The Balaban J connectivity index is 0.000000444. The first-order chi connectivity index (χ1) is 22.8. The van der Waals surface area contributed by atoms with E-state index in [1.807, 2.05) is 18.7 Å². The number of hydrogen-bond donors (Lipinski definition) is 4. The Labute approximate surface area is 291 Å². The van der Waals surface area contributed by atoms with E-state index in [9.17, 15) is 14.8 Å². The fourth-order valence-corrected chi connectivity index (χ4v) is 6.48. The monoisotopic (exact) mass is 730 g/mol. The zero-order valence-electron chi connectivity index (χ0n) is 28.5. The van der Waals surface area contributed by atoms with Gasteiger partial charge in [-0.3, -0.25) is 19.5 Å². The standard InChI is InChI=1S/C28H37BrN4O3.C6H14N4O2/c1-5-36-30-26(22-6-8-24(29)9-7-22)23-11-15-32(16-12-23)28(4)13-18-31(19-14-28)27(34)25-20(2)10-17-33(35)21(25)3;7-4(5(11)12)2-1-3-10-6(8)9/h6-10,17,23H,5,11-16,18-19H2,1-4H3;4H,1-3,7H2,(H,11,12)(H4,8,9,10)/b30-26-;/t;4-/m.0/s1. The number of carbonyl (C=O) groups excluding carboxylic acids is 1. The molecule has 3 heterocycles. The summed E-state index contributed by atoms with van der Waals surface area (Å²) in [5, 5.41) is 24.9. The van der Waals surface area contributed by atoms with Gasteiger partial charge in [0.05, 0.1) is 5.71 Å². The number of halogens is 1. The van der Waals surface area contributed by atoms with Gasteiger partial charge in [-0.25, -0.2) is 0 Å². The number of piperidine rings is 2. The second kappa shape index (κ2) is 18.1. The summed E-state index contributed by atoms with van der Waals surface area (Å²) in [6.07, 6.45) is 6.35. The van der Waals surface area contributed by atoms with Crippen LogP contribution in [0.25, 0.3) is 0 Å². The molecule has 2 fully saturated rings. The molecule has 264 valence electrons. The summed E-state index contributed by atoms with van der Waals surface area (Å²) in [7, 11) is 0. The maximum absolute atomic E-state index is 13.3. The maximum Gasteiger partial charge on any atom is 0.320 e. The van der Waals surface area contributed by atoms with Crippen molar-refractivity contribution in [2.24, 2.45) is 33.3 Å². The second-order valence-corrected chi connectivity index (χ2v) is 13.5. The minimum absolute atomic E-state index is 0.0129. The Bertz CT molecular complexity index is 1430. The van der Waals surface area contributed by atoms with Crippen LogP contribution in [0.2, 0.25) is 0 Å². The van der Waals surface area contributed by atoms with Gasteiger partial charge < -0.3 is 37.3 Å². The molecular weight excluding hydrogens is 680 g/mol. The van der Waals surface area contributed by atoms with Crippen molar-refractivity contribution in [3.05, 3.63) is 68.6 Å². The summed E-state index contributed by atoms with van der Waals surface area (Å²) in [5.41, 5.74) is 19.4. The summed E-state index contributed by atoms with van der Waals surface area (Å²) in [5.74, 6) is -0.650. The molecule has 2 saturated heterocycles. The number of benzene rings is 1. The van der Waals surface area contributed by atoms with E-state index in [0.29, 0.717) is 56.3 Å². The number of guanidine groups is 1. The Morgan fingerprint density at radius 1 is 1.12 bits per heavy atom. The lowest BCUT2D eigenvalue weighted by molar-refractivity contribution is -0.612. The number of carboxylic acids is 1. The summed E-state index contributed by atoms with van der Waals surface area (Å²) >= 11 is 3.52. The quantitative estimate of drug-likeness (QED) is 0.0669. The number of aromatic nitrogens is 1. The van der Waals surface area contributed by atoms with Gasteiger partial charge in [0.15, 0.2) is 12.2 Å². The number of oxime groups is 1. The lowest BCUT2D eigenvalue weighted by Crippen LogP contribution is -2.57. The molecule has 14 heteroatoms. The van der Waals surface area contributed by atoms with Crippen LogP contribution < -0.4 is 21.9 Å². The van der Waals surface area contributed by atoms with E-state index >= 15 is 0 Å². The van der Waals surface area contributed by atoms with Crippen molar-refractivity contribution in [3.8, 4) is 0 Å². The highest BCUT2D eigenvalue weighted by molar-refractivity contribution is 9.10. The molecule has 1 aromatic heterocycles. The molecule has 2 aliphatic rings. The average molecular weight is 732 g/mol. The van der Waals surface area contributed by atoms with Gasteiger partial charge in [-0.15, -0.1) is 0 Å². The maximum atomic E-state index is 13.3. The zero-order chi connectivity index (χ0) is 35.4. The summed E-state index contributed by atoms with van der Waals surface area (Å²) in [6, 6.07) is 9.22. The van der Waals surface area contributed by atoms with E-state index < -0.39 is 12.0 Å². The highest BCUT2D eigenvalue weighted by Crippen LogP contribution is 2.34. The average Bonchev–Trinajstić information content (AvgIpc) is 3.06. The molecule has 4 rings (SSSR count). The van der Waals surface area contributed by atoms with Crippen molar-refractivity contribution in [1.29, 1.82) is 0 Å². The predicted octanol–water partition coefficient (Wildman–Crippen LogP) is 3.30. The molecule has 0 bridgehead atoms. The van der Waals surface area contributed by atoms with Crippen LogP contribution in [0.4, 0.5) is 0 Å². The molecule has 0 radical (unpaired) electrons. The number of nitrogens with two attached hydrogens (primary N) is 3. The SMILES string of the molecule is CCO/N=C(/c1ccc(Br)cc1)C1CCN(C2(C)CCN(C(=O)c3c(C)cc[n+]([O-])c3C)CC2)CC1.NC(N)=NCCC[C@H](N)C(=O)O. The molecule has 2 aromatic rings. The third-order valence-corrected chi connectivity index (χ3v) is 9.78. The summed E-state index contributed by atoms with van der Waals surface area (Å²) in [6.45, 7) is 12.3. The molecule has 0 spiro atoms. The first-order valence-electron chi connectivity index (χ1n) is 16.5. The highest BCUT2D eigenvalue weighted by atomic mass is 79.9. The number of likely N-dealkylation sites (tertiary alicyclic amines) is 2. The van der Waals surface area contributed by atoms with Gasteiger partial charge in [-0.2, -0.15) is 4.73 Å². The van der Waals surface area contributed by atoms with Crippen LogP contribution >= 0.6 is 15.9 Å². The third kappa shape index (κ3) is 10.6. The Morgan fingerprint density at radius 3 is 2.31 bits per heavy atom. The number of hydrogen-bond acceptors (Lipinski definition) is 8. The molecule has 2 aliphatic heterocycles. The van der Waals surface area contributed by atoms with Crippen LogP contribution in [0.5, 0.6) is 0 Å². The van der Waals surface area contributed by atoms with Gasteiger partial charge in [-0.1, -0.05) is 33.2 Å². The molecule has 0 aliphatic carbocycles. The molecule has 7 N–H and O–H groups in total. The molecule has 48 heavy (non-hydrogen) atoms. The lowest BCUT2D eigenvalue weighted by atomic mass is 9.82. The molecule has 0 saturated carbocycles. The van der Waals surface area contributed by atoms with E-state index in [1.165, 1.54) is 6.20 Å².